The number of carbonyl (C=O) groups excluding carboxylic acids is 1. The number of halogens is 3. The van der Waals surface area contributed by atoms with E-state index in [4.69, 9.17) is 23.8 Å². The Morgan fingerprint density at radius 3 is 2.49 bits per heavy atom. The van der Waals surface area contributed by atoms with Crippen LogP contribution in [-0.4, -0.2) is 67.9 Å². The van der Waals surface area contributed by atoms with Crippen molar-refractivity contribution in [1.29, 1.82) is 0 Å². The maximum absolute atomic E-state index is 13.3. The lowest BCUT2D eigenvalue weighted by Crippen LogP contribution is -2.40. The molecule has 2 aromatic heterocycles. The van der Waals surface area contributed by atoms with Gasteiger partial charge in [-0.2, -0.15) is 13.9 Å². The van der Waals surface area contributed by atoms with Crippen LogP contribution in [0.1, 0.15) is 37.6 Å². The normalized spacial score (nSPS) is 18.2. The molecule has 0 aliphatic heterocycles. The van der Waals surface area contributed by atoms with E-state index in [2.05, 4.69) is 20.1 Å². The third-order valence-electron chi connectivity index (χ3n) is 6.05. The number of fused-ring (bicyclic) bond motifs is 1. The van der Waals surface area contributed by atoms with Gasteiger partial charge in [-0.15, -0.1) is 0 Å². The Labute approximate surface area is 220 Å². The van der Waals surface area contributed by atoms with Crippen molar-refractivity contribution in [2.45, 2.75) is 57.7 Å². The van der Waals surface area contributed by atoms with Gasteiger partial charge in [-0.05, 0) is 38.5 Å². The van der Waals surface area contributed by atoms with E-state index in [0.717, 1.165) is 0 Å². The van der Waals surface area contributed by atoms with Crippen LogP contribution in [0.25, 0.3) is 16.8 Å². The van der Waals surface area contributed by atoms with Crippen LogP contribution in [0.3, 0.4) is 0 Å². The van der Waals surface area contributed by atoms with Gasteiger partial charge in [0.2, 0.25) is 0 Å². The van der Waals surface area contributed by atoms with Crippen LogP contribution >= 0.6 is 7.82 Å². The number of benzene rings is 1. The number of nitrogens with one attached hydrogen (secondary N) is 1. The van der Waals surface area contributed by atoms with Gasteiger partial charge in [0, 0.05) is 12.0 Å². The van der Waals surface area contributed by atoms with Crippen LogP contribution in [0.15, 0.2) is 30.7 Å². The van der Waals surface area contributed by atoms with Crippen molar-refractivity contribution in [3.63, 3.8) is 0 Å². The average Bonchev–Trinajstić information content (AvgIpc) is 3.33. The number of ether oxygens (including phenoxy) is 3. The zero-order chi connectivity index (χ0) is 28.7. The van der Waals surface area contributed by atoms with Gasteiger partial charge in [-0.1, -0.05) is 0 Å². The first kappa shape index (κ1) is 28.6. The quantitative estimate of drug-likeness (QED) is 0.290. The van der Waals surface area contributed by atoms with Crippen LogP contribution in [0.5, 0.6) is 17.2 Å². The number of phosphoric ester groups is 1. The minimum atomic E-state index is -4.77. The summed E-state index contributed by atoms with van der Waals surface area (Å²) in [5.74, 6) is -1.19. The van der Waals surface area contributed by atoms with E-state index in [9.17, 15) is 22.5 Å². The molecule has 39 heavy (non-hydrogen) atoms. The SMILES string of the molecule is COc1cc(-c2cnn3cc(O[C@@H](C)C(C)(C)OP(=O)(O)O)cnc23)cc(OC(F)F)c1C(=O)NC1C[C@@H]1F. The van der Waals surface area contributed by atoms with Crippen molar-refractivity contribution < 1.29 is 51.1 Å². The van der Waals surface area contributed by atoms with Gasteiger partial charge in [-0.25, -0.2) is 18.5 Å². The molecule has 12 nitrogen and oxygen atoms in total. The summed E-state index contributed by atoms with van der Waals surface area (Å²) in [5.41, 5.74) is -0.736. The number of nitrogens with zero attached hydrogens (tertiary/aromatic N) is 3. The zero-order valence-electron chi connectivity index (χ0n) is 21.2. The number of hydrogen-bond donors (Lipinski definition) is 3. The summed E-state index contributed by atoms with van der Waals surface area (Å²) in [5, 5.41) is 6.63. The minimum Gasteiger partial charge on any atom is -0.496 e. The highest BCUT2D eigenvalue weighted by Crippen LogP contribution is 2.43. The molecule has 3 aromatic rings. The molecule has 1 amide bonds. The van der Waals surface area contributed by atoms with E-state index in [1.54, 1.807) is 6.92 Å². The lowest BCUT2D eigenvalue weighted by molar-refractivity contribution is -0.0502. The Balaban J connectivity index is 1.66. The Bertz CT molecular complexity index is 1430. The first-order valence-electron chi connectivity index (χ1n) is 11.6. The molecule has 16 heteroatoms. The fourth-order valence-electron chi connectivity index (χ4n) is 3.72. The first-order chi connectivity index (χ1) is 18.2. The molecule has 0 saturated heterocycles. The summed E-state index contributed by atoms with van der Waals surface area (Å²) in [6, 6.07) is 1.91. The van der Waals surface area contributed by atoms with E-state index in [0.29, 0.717) is 5.56 Å². The zero-order valence-corrected chi connectivity index (χ0v) is 22.1. The average molecular weight is 574 g/mol. The fraction of sp³-hybridized carbons (Fsp3) is 0.435. The molecule has 1 saturated carbocycles. The van der Waals surface area contributed by atoms with E-state index in [-0.39, 0.29) is 34.7 Å². The Morgan fingerprint density at radius 2 is 1.90 bits per heavy atom. The molecule has 2 heterocycles. The Morgan fingerprint density at radius 1 is 1.23 bits per heavy atom. The monoisotopic (exact) mass is 574 g/mol. The number of carbonyl (C=O) groups is 1. The molecule has 0 radical (unpaired) electrons. The fourth-order valence-corrected chi connectivity index (χ4v) is 4.48. The van der Waals surface area contributed by atoms with Crippen molar-refractivity contribution in [2.75, 3.05) is 7.11 Å². The van der Waals surface area contributed by atoms with Crippen LogP contribution in [0.4, 0.5) is 13.2 Å². The number of hydrogen-bond acceptors (Lipinski definition) is 8. The number of phosphoric acid groups is 1. The van der Waals surface area contributed by atoms with Gasteiger partial charge in [0.1, 0.15) is 34.9 Å². The predicted octanol–water partition coefficient (Wildman–Crippen LogP) is 3.50. The van der Waals surface area contributed by atoms with Gasteiger partial charge in [0.15, 0.2) is 11.4 Å². The summed E-state index contributed by atoms with van der Waals surface area (Å²) >= 11 is 0. The van der Waals surface area contributed by atoms with E-state index >= 15 is 0 Å². The van der Waals surface area contributed by atoms with E-state index in [1.165, 1.54) is 56.2 Å². The van der Waals surface area contributed by atoms with Gasteiger partial charge in [-0.3, -0.25) is 9.32 Å². The summed E-state index contributed by atoms with van der Waals surface area (Å²) in [6.45, 7) is 1.20. The molecule has 212 valence electrons. The minimum absolute atomic E-state index is 0.0860. The largest absolute Gasteiger partial charge is 0.496 e. The molecule has 3 atom stereocenters. The van der Waals surface area contributed by atoms with Crippen LogP contribution < -0.4 is 19.5 Å². The second kappa shape index (κ2) is 10.6. The van der Waals surface area contributed by atoms with Gasteiger partial charge < -0.3 is 29.3 Å². The molecule has 3 N–H and O–H groups in total. The number of alkyl halides is 3. The molecular formula is C23H26F3N4O8P. The lowest BCUT2D eigenvalue weighted by atomic mass is 10.0. The molecule has 1 fully saturated rings. The van der Waals surface area contributed by atoms with Crippen molar-refractivity contribution in [3.8, 4) is 28.4 Å². The molecule has 1 aliphatic rings. The maximum Gasteiger partial charge on any atom is 0.470 e. The summed E-state index contributed by atoms with van der Waals surface area (Å²) in [7, 11) is -3.53. The predicted molar refractivity (Wildman–Crippen MR) is 130 cm³/mol. The molecule has 1 aliphatic carbocycles. The molecule has 1 aromatic carbocycles. The Hall–Kier alpha value is -3.39. The standard InChI is InChI=1S/C23H26F3N4O8P/c1-11(23(2,3)38-39(32,33)34)36-13-8-27-20-14(9-28-30(20)10-13)12-5-17(35-4)19(18(6-12)37-22(25)26)21(31)29-16-7-15(16)24/h5-6,8-11,15-16,22H,7H2,1-4H3,(H,29,31)(H2,32,33,34)/t11-,15-,16?/m0/s1. The second-order valence-corrected chi connectivity index (χ2v) is 10.5. The number of rotatable bonds is 11. The summed E-state index contributed by atoms with van der Waals surface area (Å²) < 4.78 is 72.8. The van der Waals surface area contributed by atoms with Crippen LogP contribution in [0, 0.1) is 0 Å². The summed E-state index contributed by atoms with van der Waals surface area (Å²) in [6.07, 6.45) is 2.29. The van der Waals surface area contributed by atoms with Crippen LogP contribution in [0.2, 0.25) is 0 Å². The van der Waals surface area contributed by atoms with E-state index in [1.807, 2.05) is 0 Å². The molecule has 4 rings (SSSR count). The maximum atomic E-state index is 13.3. The van der Waals surface area contributed by atoms with Gasteiger partial charge >= 0.3 is 14.4 Å². The highest BCUT2D eigenvalue weighted by atomic mass is 31.2. The molecule has 0 bridgehead atoms. The van der Waals surface area contributed by atoms with Crippen LogP contribution in [-0.2, 0) is 9.09 Å². The van der Waals surface area contributed by atoms with Gasteiger partial charge in [0.05, 0.1) is 31.7 Å². The molecular weight excluding hydrogens is 548 g/mol. The smallest absolute Gasteiger partial charge is 0.470 e. The second-order valence-electron chi connectivity index (χ2n) is 9.32. The highest BCUT2D eigenvalue weighted by molar-refractivity contribution is 7.46. The molecule has 1 unspecified atom stereocenters. The topological polar surface area (TPSA) is 154 Å². The summed E-state index contributed by atoms with van der Waals surface area (Å²) in [4.78, 5) is 35.3. The number of aromatic nitrogens is 3. The van der Waals surface area contributed by atoms with Crippen molar-refractivity contribution in [3.05, 3.63) is 36.3 Å². The van der Waals surface area contributed by atoms with Crippen molar-refractivity contribution in [2.24, 2.45) is 0 Å². The third kappa shape index (κ3) is 6.61. The van der Waals surface area contributed by atoms with Crippen molar-refractivity contribution >= 4 is 19.4 Å². The molecule has 0 spiro atoms. The van der Waals surface area contributed by atoms with Crippen molar-refractivity contribution in [1.82, 2.24) is 19.9 Å². The third-order valence-corrected chi connectivity index (χ3v) is 6.76. The lowest BCUT2D eigenvalue weighted by Gasteiger charge is -2.31. The van der Waals surface area contributed by atoms with Gasteiger partial charge in [0.25, 0.3) is 5.91 Å². The number of amides is 1. The highest BCUT2D eigenvalue weighted by Gasteiger charge is 2.40. The van der Waals surface area contributed by atoms with E-state index < -0.39 is 50.0 Å². The first-order valence-corrected chi connectivity index (χ1v) is 13.1. The number of methoxy groups -OCH3 is 1. The Kier molecular flexibility index (Phi) is 7.81.